The fraction of sp³-hybridized carbons (Fsp3) is 1.00. The predicted octanol–water partition coefficient (Wildman–Crippen LogP) is -4.39. The molecule has 0 spiro atoms. The number of hydrogen-bond donors (Lipinski definition) is 2. The van der Waals surface area contributed by atoms with Gasteiger partial charge in [0.1, 0.15) is 0 Å². The van der Waals surface area contributed by atoms with Gasteiger partial charge in [-0.1, -0.05) is 6.92 Å². The van der Waals surface area contributed by atoms with Gasteiger partial charge in [0.05, 0.1) is 27.2 Å². The zero-order chi connectivity index (χ0) is 13.3. The van der Waals surface area contributed by atoms with Crippen LogP contribution in [0.3, 0.4) is 0 Å². The Morgan fingerprint density at radius 2 is 1.89 bits per heavy atom. The van der Waals surface area contributed by atoms with Crippen molar-refractivity contribution < 1.29 is 45.4 Å². The van der Waals surface area contributed by atoms with Crippen molar-refractivity contribution in [2.24, 2.45) is 5.92 Å². The summed E-state index contributed by atoms with van der Waals surface area (Å²) in [4.78, 5) is 0. The van der Waals surface area contributed by atoms with Crippen molar-refractivity contribution in [2.45, 2.75) is 31.1 Å². The number of hydrogen-bond acceptors (Lipinski definition) is 6. The quantitative estimate of drug-likeness (QED) is 0.376. The van der Waals surface area contributed by atoms with Gasteiger partial charge in [-0.05, 0) is 18.8 Å². The third kappa shape index (κ3) is 5.57. The van der Waals surface area contributed by atoms with E-state index in [9.17, 15) is 26.5 Å². The molecule has 1 saturated carbocycles. The second-order valence-electron chi connectivity index (χ2n) is 4.36. The maximum absolute atomic E-state index is 11.6. The smallest absolute Gasteiger partial charge is 0.748 e. The maximum Gasteiger partial charge on any atom is 1.00 e. The molecule has 0 aliphatic heterocycles. The van der Waals surface area contributed by atoms with Crippen molar-refractivity contribution in [3.63, 3.8) is 0 Å². The molecule has 3 atom stereocenters. The zero-order valence-corrected chi connectivity index (χ0v) is 12.0. The summed E-state index contributed by atoms with van der Waals surface area (Å²) in [7, 11) is -8.08. The number of rotatable bonds is 6. The molecule has 7 nitrogen and oxygen atoms in total. The number of sulfonamides is 1. The second-order valence-corrected chi connectivity index (χ2v) is 7.80. The first-order valence-electron chi connectivity index (χ1n) is 5.22. The molecular weight excluding hydrogens is 277 g/mol. The molecule has 0 amide bonds. The van der Waals surface area contributed by atoms with Crippen LogP contribution in [-0.4, -0.2) is 50.1 Å². The van der Waals surface area contributed by atoms with Crippen LogP contribution < -0.4 is 23.6 Å². The number of aliphatic hydroxyl groups excluding tert-OH is 1. The van der Waals surface area contributed by atoms with Gasteiger partial charge < -0.3 is 9.66 Å². The number of aliphatic hydroxyl groups is 1. The summed E-state index contributed by atoms with van der Waals surface area (Å²) in [6, 6.07) is 0. The summed E-state index contributed by atoms with van der Waals surface area (Å²) in [6.45, 7) is 1.36. The summed E-state index contributed by atoms with van der Waals surface area (Å²) in [5.74, 6) is -0.927. The van der Waals surface area contributed by atoms with Crippen LogP contribution in [0, 0.1) is 5.92 Å². The molecule has 2 N–H and O–H groups in total. The third-order valence-electron chi connectivity index (χ3n) is 2.86. The largest absolute Gasteiger partial charge is 1.00 e. The van der Waals surface area contributed by atoms with Crippen molar-refractivity contribution in [1.82, 2.24) is 4.72 Å². The van der Waals surface area contributed by atoms with Crippen molar-refractivity contribution in [3.8, 4) is 0 Å². The first-order chi connectivity index (χ1) is 7.62. The van der Waals surface area contributed by atoms with Crippen LogP contribution in [0.5, 0.6) is 0 Å². The Kier molecular flexibility index (Phi) is 6.84. The molecule has 0 aromatic carbocycles. The van der Waals surface area contributed by atoms with E-state index in [1.54, 1.807) is 0 Å². The molecule has 0 aromatic rings. The Morgan fingerprint density at radius 1 is 1.33 bits per heavy atom. The monoisotopic (exact) mass is 293 g/mol. The van der Waals surface area contributed by atoms with Crippen LogP contribution in [0.15, 0.2) is 0 Å². The first kappa shape index (κ1) is 18.4. The summed E-state index contributed by atoms with van der Waals surface area (Å²) in [5, 5.41) is 8.69. The van der Waals surface area contributed by atoms with Gasteiger partial charge in [-0.3, -0.25) is 0 Å². The van der Waals surface area contributed by atoms with Crippen molar-refractivity contribution in [1.29, 1.82) is 0 Å². The molecule has 0 bridgehead atoms. The summed E-state index contributed by atoms with van der Waals surface area (Å²) < 4.78 is 56.4. The van der Waals surface area contributed by atoms with Gasteiger partial charge in [-0.25, -0.2) is 21.6 Å². The molecule has 0 aromatic heterocycles. The normalized spacial score (nSPS) is 25.9. The van der Waals surface area contributed by atoms with E-state index >= 15 is 0 Å². The van der Waals surface area contributed by atoms with Crippen LogP contribution in [-0.2, 0) is 20.1 Å². The van der Waals surface area contributed by atoms with Gasteiger partial charge in [0, 0.05) is 6.54 Å². The Labute approximate surface area is 119 Å². The molecule has 1 aliphatic rings. The fourth-order valence-electron chi connectivity index (χ4n) is 1.71. The molecule has 3 unspecified atom stereocenters. The molecule has 1 aliphatic carbocycles. The molecule has 10 heteroatoms. The summed E-state index contributed by atoms with van der Waals surface area (Å²) in [5.41, 5.74) is 0. The molecule has 0 radical (unpaired) electrons. The molecule has 1 rings (SSSR count). The number of nitrogens with one attached hydrogen (secondary N) is 1. The van der Waals surface area contributed by atoms with E-state index in [2.05, 4.69) is 4.72 Å². The van der Waals surface area contributed by atoms with Crippen molar-refractivity contribution >= 4 is 20.1 Å². The topological polar surface area (TPSA) is 124 Å². The van der Waals surface area contributed by atoms with Crippen LogP contribution in [0.25, 0.3) is 0 Å². The molecule has 0 heterocycles. The van der Waals surface area contributed by atoms with Gasteiger partial charge in [0.2, 0.25) is 10.0 Å². The molecule has 0 saturated heterocycles. The first-order valence-corrected chi connectivity index (χ1v) is 8.34. The molecule has 18 heavy (non-hydrogen) atoms. The zero-order valence-electron chi connectivity index (χ0n) is 10.4. The average molecular weight is 293 g/mol. The predicted molar refractivity (Wildman–Crippen MR) is 59.7 cm³/mol. The van der Waals surface area contributed by atoms with E-state index < -0.39 is 43.8 Å². The van der Waals surface area contributed by atoms with E-state index in [4.69, 9.17) is 0 Å². The van der Waals surface area contributed by atoms with E-state index in [0.29, 0.717) is 6.42 Å². The van der Waals surface area contributed by atoms with E-state index in [-0.39, 0.29) is 24.8 Å². The van der Waals surface area contributed by atoms with Crippen molar-refractivity contribution in [2.75, 3.05) is 12.3 Å². The fourth-order valence-corrected chi connectivity index (χ4v) is 4.13. The van der Waals surface area contributed by atoms with Crippen LogP contribution >= 0.6 is 0 Å². The Balaban J connectivity index is 0.00000289. The van der Waals surface area contributed by atoms with Crippen molar-refractivity contribution in [3.05, 3.63) is 0 Å². The van der Waals surface area contributed by atoms with E-state index in [1.807, 2.05) is 6.92 Å². The SMILES string of the molecule is CC1CCC1S(=O)(=O)NCC(O)CS(=O)(=O)[O-].[Li+]. The van der Waals surface area contributed by atoms with Gasteiger partial charge in [-0.15, -0.1) is 0 Å². The Bertz CT molecular complexity index is 462. The second kappa shape index (κ2) is 6.70. The van der Waals surface area contributed by atoms with Crippen LogP contribution in [0.1, 0.15) is 19.8 Å². The molecule has 1 fully saturated rings. The van der Waals surface area contributed by atoms with Crippen LogP contribution in [0.2, 0.25) is 0 Å². The summed E-state index contributed by atoms with van der Waals surface area (Å²) in [6.07, 6.45) is -0.113. The van der Waals surface area contributed by atoms with Gasteiger partial charge in [0.25, 0.3) is 0 Å². The van der Waals surface area contributed by atoms with E-state index in [1.165, 1.54) is 0 Å². The third-order valence-corrected chi connectivity index (χ3v) is 5.72. The minimum atomic E-state index is -4.55. The van der Waals surface area contributed by atoms with Crippen LogP contribution in [0.4, 0.5) is 0 Å². The molecule has 102 valence electrons. The Morgan fingerprint density at radius 3 is 2.22 bits per heavy atom. The minimum Gasteiger partial charge on any atom is -0.748 e. The average Bonchev–Trinajstić information content (AvgIpc) is 2.09. The van der Waals surface area contributed by atoms with Gasteiger partial charge in [-0.2, -0.15) is 0 Å². The minimum absolute atomic E-state index is 0. The summed E-state index contributed by atoms with van der Waals surface area (Å²) >= 11 is 0. The standard InChI is InChI=1S/C8H17NO6S2.Li/c1-6-2-3-8(6)17(14,15)9-4-7(10)5-16(11,12)13;/h6-10H,2-5H2,1H3,(H,11,12,13);/q;+1/p-1. The van der Waals surface area contributed by atoms with E-state index in [0.717, 1.165) is 6.42 Å². The van der Waals surface area contributed by atoms with Gasteiger partial charge >= 0.3 is 18.9 Å². The Hall–Kier alpha value is 0.377. The maximum atomic E-state index is 11.6. The van der Waals surface area contributed by atoms with Gasteiger partial charge in [0.15, 0.2) is 0 Å². The molecular formula is C8H16LiNO6S2.